The number of hydrogen-bond acceptors (Lipinski definition) is 6. The summed E-state index contributed by atoms with van der Waals surface area (Å²) in [5.74, 6) is 1.61. The van der Waals surface area contributed by atoms with Crippen LogP contribution in [0, 0.1) is 13.8 Å². The number of fused-ring (bicyclic) bond motifs is 1. The van der Waals surface area contributed by atoms with Crippen molar-refractivity contribution in [3.63, 3.8) is 0 Å². The zero-order chi connectivity index (χ0) is 17.5. The van der Waals surface area contributed by atoms with Gasteiger partial charge < -0.3 is 4.90 Å². The van der Waals surface area contributed by atoms with Crippen LogP contribution in [0.4, 0.5) is 5.82 Å². The molecule has 132 valence electrons. The number of piperidine rings is 1. The maximum absolute atomic E-state index is 11.9. The fourth-order valence-electron chi connectivity index (χ4n) is 3.52. The predicted molar refractivity (Wildman–Crippen MR) is 92.7 cm³/mol. The lowest BCUT2D eigenvalue weighted by Crippen LogP contribution is -2.47. The quantitative estimate of drug-likeness (QED) is 0.816. The average molecular weight is 352 g/mol. The van der Waals surface area contributed by atoms with E-state index in [9.17, 15) is 8.42 Å². The summed E-state index contributed by atoms with van der Waals surface area (Å²) in [6.45, 7) is 8.00. The van der Waals surface area contributed by atoms with Gasteiger partial charge in [0.05, 0.1) is 6.26 Å². The zero-order valence-corrected chi connectivity index (χ0v) is 15.4. The summed E-state index contributed by atoms with van der Waals surface area (Å²) in [4.78, 5) is 10.9. The minimum Gasteiger partial charge on any atom is -0.356 e. The van der Waals surface area contributed by atoms with Gasteiger partial charge in [-0.2, -0.15) is 18.9 Å². The first-order valence-electron chi connectivity index (χ1n) is 8.21. The molecule has 1 aliphatic rings. The molecule has 0 aromatic carbocycles. The highest BCUT2D eigenvalue weighted by atomic mass is 32.2. The van der Waals surface area contributed by atoms with Crippen LogP contribution < -0.4 is 4.90 Å². The van der Waals surface area contributed by atoms with E-state index in [2.05, 4.69) is 20.0 Å². The molecule has 0 unspecified atom stereocenters. The van der Waals surface area contributed by atoms with Gasteiger partial charge in [-0.05, 0) is 26.7 Å². The van der Waals surface area contributed by atoms with E-state index in [1.807, 2.05) is 20.8 Å². The van der Waals surface area contributed by atoms with Crippen LogP contribution in [0.25, 0.3) is 5.78 Å². The van der Waals surface area contributed by atoms with Gasteiger partial charge >= 0.3 is 0 Å². The molecule has 0 atom stereocenters. The summed E-state index contributed by atoms with van der Waals surface area (Å²) in [6.07, 6.45) is 4.41. The van der Waals surface area contributed by atoms with E-state index in [4.69, 9.17) is 0 Å². The normalized spacial score (nSPS) is 17.1. The van der Waals surface area contributed by atoms with Crippen LogP contribution in [0.2, 0.25) is 0 Å². The van der Waals surface area contributed by atoms with E-state index >= 15 is 0 Å². The number of anilines is 1. The first-order valence-corrected chi connectivity index (χ1v) is 10.1. The number of aryl methyl sites for hydroxylation is 1. The summed E-state index contributed by atoms with van der Waals surface area (Å²) < 4.78 is 27.3. The molecule has 9 heteroatoms. The SMILES string of the molecule is CCN(C1CCN(c2c(C)c(C)nc3ncnn23)CC1)S(C)(=O)=O. The van der Waals surface area contributed by atoms with Crippen molar-refractivity contribution in [1.29, 1.82) is 0 Å². The summed E-state index contributed by atoms with van der Waals surface area (Å²) in [7, 11) is -3.16. The van der Waals surface area contributed by atoms with Gasteiger partial charge in [0.1, 0.15) is 12.1 Å². The highest BCUT2D eigenvalue weighted by Gasteiger charge is 2.30. The number of nitrogens with zero attached hydrogens (tertiary/aromatic N) is 6. The standard InChI is InChI=1S/C15H24N6O2S/c1-5-20(24(4,22)23)13-6-8-19(9-7-13)14-11(2)12(3)18-15-16-10-17-21(14)15/h10,13H,5-9H2,1-4H3. The summed E-state index contributed by atoms with van der Waals surface area (Å²) in [6, 6.07) is 0.0655. The summed E-state index contributed by atoms with van der Waals surface area (Å²) in [5, 5.41) is 4.30. The van der Waals surface area contributed by atoms with Gasteiger partial charge in [0.25, 0.3) is 5.78 Å². The molecule has 1 aliphatic heterocycles. The Bertz CT molecular complexity index is 839. The molecule has 3 rings (SSSR count). The number of sulfonamides is 1. The highest BCUT2D eigenvalue weighted by molar-refractivity contribution is 7.88. The van der Waals surface area contributed by atoms with Crippen LogP contribution in [0.15, 0.2) is 6.33 Å². The molecule has 1 saturated heterocycles. The Labute approximate surface area is 142 Å². The molecular formula is C15H24N6O2S. The van der Waals surface area contributed by atoms with Gasteiger partial charge in [-0.1, -0.05) is 6.92 Å². The Hall–Kier alpha value is -1.74. The van der Waals surface area contributed by atoms with Crippen LogP contribution in [0.1, 0.15) is 31.0 Å². The van der Waals surface area contributed by atoms with E-state index < -0.39 is 10.0 Å². The molecule has 24 heavy (non-hydrogen) atoms. The molecule has 0 N–H and O–H groups in total. The Balaban J connectivity index is 1.85. The van der Waals surface area contributed by atoms with Gasteiger partial charge in [-0.25, -0.2) is 13.4 Å². The molecule has 0 spiro atoms. The van der Waals surface area contributed by atoms with Crippen molar-refractivity contribution in [2.24, 2.45) is 0 Å². The van der Waals surface area contributed by atoms with Crippen molar-refractivity contribution in [2.75, 3.05) is 30.8 Å². The number of rotatable bonds is 4. The third-order valence-corrected chi connectivity index (χ3v) is 6.19. The zero-order valence-electron chi connectivity index (χ0n) is 14.6. The lowest BCUT2D eigenvalue weighted by molar-refractivity contribution is 0.284. The molecule has 0 amide bonds. The van der Waals surface area contributed by atoms with E-state index in [1.165, 1.54) is 12.6 Å². The average Bonchev–Trinajstić information content (AvgIpc) is 2.96. The topological polar surface area (TPSA) is 83.7 Å². The second-order valence-corrected chi connectivity index (χ2v) is 8.24. The highest BCUT2D eigenvalue weighted by Crippen LogP contribution is 2.27. The predicted octanol–water partition coefficient (Wildman–Crippen LogP) is 0.991. The van der Waals surface area contributed by atoms with Crippen molar-refractivity contribution >= 4 is 21.6 Å². The molecule has 3 heterocycles. The van der Waals surface area contributed by atoms with Crippen molar-refractivity contribution in [2.45, 2.75) is 39.7 Å². The maximum Gasteiger partial charge on any atom is 0.254 e. The third-order valence-electron chi connectivity index (χ3n) is 4.79. The van der Waals surface area contributed by atoms with Crippen molar-refractivity contribution in [1.82, 2.24) is 23.9 Å². The Morgan fingerprint density at radius 3 is 2.54 bits per heavy atom. The largest absolute Gasteiger partial charge is 0.356 e. The third kappa shape index (κ3) is 2.98. The van der Waals surface area contributed by atoms with Gasteiger partial charge in [-0.3, -0.25) is 0 Å². The van der Waals surface area contributed by atoms with Crippen LogP contribution in [0.5, 0.6) is 0 Å². The minimum absolute atomic E-state index is 0.0655. The second-order valence-electron chi connectivity index (χ2n) is 6.30. The fraction of sp³-hybridized carbons (Fsp3) is 0.667. The smallest absolute Gasteiger partial charge is 0.254 e. The Morgan fingerprint density at radius 2 is 1.96 bits per heavy atom. The summed E-state index contributed by atoms with van der Waals surface area (Å²) in [5.41, 5.74) is 2.03. The van der Waals surface area contributed by atoms with Gasteiger partial charge in [0.2, 0.25) is 10.0 Å². The molecule has 2 aromatic heterocycles. The van der Waals surface area contributed by atoms with Crippen LogP contribution >= 0.6 is 0 Å². The van der Waals surface area contributed by atoms with E-state index in [0.717, 1.165) is 43.0 Å². The Morgan fingerprint density at radius 1 is 1.29 bits per heavy atom. The molecule has 8 nitrogen and oxygen atoms in total. The van der Waals surface area contributed by atoms with E-state index in [1.54, 1.807) is 8.82 Å². The van der Waals surface area contributed by atoms with Crippen LogP contribution in [-0.4, -0.2) is 64.2 Å². The van der Waals surface area contributed by atoms with E-state index in [0.29, 0.717) is 12.3 Å². The Kier molecular flexibility index (Phi) is 4.48. The molecular weight excluding hydrogens is 328 g/mol. The fourth-order valence-corrected chi connectivity index (χ4v) is 4.74. The van der Waals surface area contributed by atoms with Crippen molar-refractivity contribution in [3.8, 4) is 0 Å². The van der Waals surface area contributed by atoms with Gasteiger partial charge in [0, 0.05) is 36.9 Å². The maximum atomic E-state index is 11.9. The van der Waals surface area contributed by atoms with Crippen LogP contribution in [-0.2, 0) is 10.0 Å². The van der Waals surface area contributed by atoms with Crippen molar-refractivity contribution in [3.05, 3.63) is 17.6 Å². The molecule has 0 radical (unpaired) electrons. The monoisotopic (exact) mass is 352 g/mol. The van der Waals surface area contributed by atoms with Gasteiger partial charge in [0.15, 0.2) is 0 Å². The first kappa shape index (κ1) is 17.1. The van der Waals surface area contributed by atoms with Crippen LogP contribution in [0.3, 0.4) is 0 Å². The molecule has 0 saturated carbocycles. The molecule has 0 aliphatic carbocycles. The molecule has 1 fully saturated rings. The lowest BCUT2D eigenvalue weighted by atomic mass is 10.0. The van der Waals surface area contributed by atoms with E-state index in [-0.39, 0.29) is 6.04 Å². The van der Waals surface area contributed by atoms with Gasteiger partial charge in [-0.15, -0.1) is 0 Å². The number of aromatic nitrogens is 4. The molecule has 2 aromatic rings. The first-order chi connectivity index (χ1) is 11.3. The number of hydrogen-bond donors (Lipinski definition) is 0. The summed E-state index contributed by atoms with van der Waals surface area (Å²) >= 11 is 0. The lowest BCUT2D eigenvalue weighted by Gasteiger charge is -2.38. The molecule has 0 bridgehead atoms. The van der Waals surface area contributed by atoms with Crippen molar-refractivity contribution < 1.29 is 8.42 Å². The minimum atomic E-state index is -3.16. The second kappa shape index (κ2) is 6.29.